The highest BCUT2D eigenvalue weighted by Crippen LogP contribution is 2.32. The first-order valence-electron chi connectivity index (χ1n) is 9.09. The summed E-state index contributed by atoms with van der Waals surface area (Å²) in [4.78, 5) is 12.6. The normalized spacial score (nSPS) is 11.0. The molecule has 0 saturated heterocycles. The van der Waals surface area contributed by atoms with Gasteiger partial charge in [-0.3, -0.25) is 9.10 Å². The van der Waals surface area contributed by atoms with Gasteiger partial charge in [-0.15, -0.1) is 0 Å². The number of nitrogens with one attached hydrogen (secondary N) is 1. The van der Waals surface area contributed by atoms with Crippen LogP contribution in [0.5, 0.6) is 5.75 Å². The number of carbonyl (C=O) groups is 1. The van der Waals surface area contributed by atoms with Gasteiger partial charge in [0.25, 0.3) is 10.0 Å². The first-order valence-corrected chi connectivity index (χ1v) is 10.5. The van der Waals surface area contributed by atoms with E-state index in [4.69, 9.17) is 4.74 Å². The van der Waals surface area contributed by atoms with Gasteiger partial charge in [0.05, 0.1) is 17.7 Å². The van der Waals surface area contributed by atoms with Crippen molar-refractivity contribution in [1.82, 2.24) is 0 Å². The topological polar surface area (TPSA) is 75.7 Å². The van der Waals surface area contributed by atoms with Gasteiger partial charge in [-0.1, -0.05) is 29.8 Å². The number of benzene rings is 3. The molecular weight excluding hydrogens is 407 g/mol. The van der Waals surface area contributed by atoms with Gasteiger partial charge in [-0.05, 0) is 55.5 Å². The second-order valence-corrected chi connectivity index (χ2v) is 8.41. The average molecular weight is 428 g/mol. The van der Waals surface area contributed by atoms with Crippen molar-refractivity contribution in [3.05, 3.63) is 84.2 Å². The highest BCUT2D eigenvalue weighted by atomic mass is 32.2. The number of anilines is 2. The lowest BCUT2D eigenvalue weighted by atomic mass is 10.2. The fourth-order valence-corrected chi connectivity index (χ4v) is 4.27. The smallest absolute Gasteiger partial charge is 0.264 e. The third-order valence-corrected chi connectivity index (χ3v) is 6.15. The van der Waals surface area contributed by atoms with E-state index in [9.17, 15) is 17.6 Å². The standard InChI is InChI=1S/C22H21FN2O4S/c1-16-7-11-18(12-8-16)24-22(26)15-25(20-5-3-4-6-21(20)29-2)30(27,28)19-13-9-17(23)10-14-19/h3-14H,15H2,1-2H3,(H,24,26). The lowest BCUT2D eigenvalue weighted by Gasteiger charge is -2.25. The molecule has 0 heterocycles. The summed E-state index contributed by atoms with van der Waals surface area (Å²) in [6.07, 6.45) is 0. The summed E-state index contributed by atoms with van der Waals surface area (Å²) in [5, 5.41) is 2.69. The molecule has 3 rings (SSSR count). The van der Waals surface area contributed by atoms with E-state index in [-0.39, 0.29) is 16.3 Å². The third-order valence-electron chi connectivity index (χ3n) is 4.38. The maximum atomic E-state index is 13.3. The predicted octanol–water partition coefficient (Wildman–Crippen LogP) is 3.98. The van der Waals surface area contributed by atoms with Gasteiger partial charge in [-0.25, -0.2) is 12.8 Å². The van der Waals surface area contributed by atoms with E-state index in [1.807, 2.05) is 19.1 Å². The molecule has 0 spiro atoms. The van der Waals surface area contributed by atoms with Gasteiger partial charge in [0.15, 0.2) is 0 Å². The zero-order valence-electron chi connectivity index (χ0n) is 16.5. The van der Waals surface area contributed by atoms with Gasteiger partial charge in [0.1, 0.15) is 18.1 Å². The largest absolute Gasteiger partial charge is 0.495 e. The van der Waals surface area contributed by atoms with Crippen LogP contribution in [0.3, 0.4) is 0 Å². The van der Waals surface area contributed by atoms with E-state index in [1.165, 1.54) is 7.11 Å². The predicted molar refractivity (Wildman–Crippen MR) is 114 cm³/mol. The minimum atomic E-state index is -4.17. The number of rotatable bonds is 7. The summed E-state index contributed by atoms with van der Waals surface area (Å²) in [6, 6.07) is 18.0. The van der Waals surface area contributed by atoms with Gasteiger partial charge >= 0.3 is 0 Å². The SMILES string of the molecule is COc1ccccc1N(CC(=O)Nc1ccc(C)cc1)S(=O)(=O)c1ccc(F)cc1. The molecule has 0 atom stereocenters. The van der Waals surface area contributed by atoms with Crippen molar-refractivity contribution >= 4 is 27.3 Å². The number of carbonyl (C=O) groups excluding carboxylic acids is 1. The number of amides is 1. The monoisotopic (exact) mass is 428 g/mol. The fraction of sp³-hybridized carbons (Fsp3) is 0.136. The lowest BCUT2D eigenvalue weighted by Crippen LogP contribution is -2.38. The van der Waals surface area contributed by atoms with Crippen molar-refractivity contribution in [2.45, 2.75) is 11.8 Å². The number of halogens is 1. The van der Waals surface area contributed by atoms with Crippen LogP contribution in [-0.2, 0) is 14.8 Å². The van der Waals surface area contributed by atoms with Gasteiger partial charge in [-0.2, -0.15) is 0 Å². The Labute approximate surface area is 175 Å². The molecule has 30 heavy (non-hydrogen) atoms. The second kappa shape index (κ2) is 8.96. The number of hydrogen-bond donors (Lipinski definition) is 1. The zero-order valence-corrected chi connectivity index (χ0v) is 17.3. The number of aryl methyl sites for hydroxylation is 1. The highest BCUT2D eigenvalue weighted by Gasteiger charge is 2.29. The van der Waals surface area contributed by atoms with Crippen LogP contribution >= 0.6 is 0 Å². The maximum Gasteiger partial charge on any atom is 0.264 e. The molecule has 3 aromatic carbocycles. The maximum absolute atomic E-state index is 13.3. The molecule has 8 heteroatoms. The molecule has 1 N–H and O–H groups in total. The summed E-state index contributed by atoms with van der Waals surface area (Å²) in [6.45, 7) is 1.43. The summed E-state index contributed by atoms with van der Waals surface area (Å²) >= 11 is 0. The van der Waals surface area contributed by atoms with E-state index in [2.05, 4.69) is 5.32 Å². The van der Waals surface area contributed by atoms with E-state index in [1.54, 1.807) is 36.4 Å². The Hall–Kier alpha value is -3.39. The molecule has 6 nitrogen and oxygen atoms in total. The fourth-order valence-electron chi connectivity index (χ4n) is 2.84. The van der Waals surface area contributed by atoms with Crippen molar-refractivity contribution in [3.63, 3.8) is 0 Å². The number of ether oxygens (including phenoxy) is 1. The van der Waals surface area contributed by atoms with Crippen molar-refractivity contribution < 1.29 is 22.3 Å². The minimum Gasteiger partial charge on any atom is -0.495 e. The molecule has 0 unspecified atom stereocenters. The van der Waals surface area contributed by atoms with E-state index in [0.717, 1.165) is 34.1 Å². The van der Waals surface area contributed by atoms with Crippen molar-refractivity contribution in [1.29, 1.82) is 0 Å². The van der Waals surface area contributed by atoms with Crippen LogP contribution in [0.1, 0.15) is 5.56 Å². The van der Waals surface area contributed by atoms with Crippen LogP contribution in [0.15, 0.2) is 77.7 Å². The molecule has 3 aromatic rings. The van der Waals surface area contributed by atoms with Crippen LogP contribution < -0.4 is 14.4 Å². The molecule has 0 aliphatic heterocycles. The second-order valence-electron chi connectivity index (χ2n) is 6.55. The van der Waals surface area contributed by atoms with Crippen LogP contribution in [0, 0.1) is 12.7 Å². The Morgan fingerprint density at radius 1 is 1.00 bits per heavy atom. The average Bonchev–Trinajstić information content (AvgIpc) is 2.74. The Balaban J connectivity index is 1.98. The van der Waals surface area contributed by atoms with Gasteiger partial charge < -0.3 is 10.1 Å². The van der Waals surface area contributed by atoms with Crippen LogP contribution in [0.2, 0.25) is 0 Å². The minimum absolute atomic E-state index is 0.141. The molecule has 0 bridgehead atoms. The number of sulfonamides is 1. The lowest BCUT2D eigenvalue weighted by molar-refractivity contribution is -0.114. The Morgan fingerprint density at radius 3 is 2.27 bits per heavy atom. The first-order chi connectivity index (χ1) is 14.3. The van der Waals surface area contributed by atoms with Crippen molar-refractivity contribution in [3.8, 4) is 5.75 Å². The van der Waals surface area contributed by atoms with E-state index < -0.39 is 28.3 Å². The van der Waals surface area contributed by atoms with Gasteiger partial charge in [0.2, 0.25) is 5.91 Å². The zero-order chi connectivity index (χ0) is 21.7. The molecule has 0 aromatic heterocycles. The summed E-state index contributed by atoms with van der Waals surface area (Å²) < 4.78 is 46.2. The summed E-state index contributed by atoms with van der Waals surface area (Å²) in [7, 11) is -2.76. The molecule has 0 fully saturated rings. The Morgan fingerprint density at radius 2 is 1.63 bits per heavy atom. The number of hydrogen-bond acceptors (Lipinski definition) is 4. The van der Waals surface area contributed by atoms with Crippen LogP contribution in [0.25, 0.3) is 0 Å². The van der Waals surface area contributed by atoms with Crippen molar-refractivity contribution in [2.24, 2.45) is 0 Å². The summed E-state index contributed by atoms with van der Waals surface area (Å²) in [5.41, 5.74) is 1.77. The van der Waals surface area contributed by atoms with E-state index in [0.29, 0.717) is 5.69 Å². The Bertz CT molecular complexity index is 1130. The van der Waals surface area contributed by atoms with Crippen LogP contribution in [-0.4, -0.2) is 28.0 Å². The summed E-state index contributed by atoms with van der Waals surface area (Å²) in [5.74, 6) is -0.809. The van der Waals surface area contributed by atoms with E-state index >= 15 is 0 Å². The Kier molecular flexibility index (Phi) is 6.37. The molecule has 0 aliphatic carbocycles. The molecule has 0 saturated carbocycles. The van der Waals surface area contributed by atoms with Crippen LogP contribution in [0.4, 0.5) is 15.8 Å². The first kappa shape index (κ1) is 21.3. The number of methoxy groups -OCH3 is 1. The molecule has 0 aliphatic rings. The molecule has 156 valence electrons. The highest BCUT2D eigenvalue weighted by molar-refractivity contribution is 7.92. The molecule has 0 radical (unpaired) electrons. The van der Waals surface area contributed by atoms with Crippen molar-refractivity contribution in [2.75, 3.05) is 23.3 Å². The number of nitrogens with zero attached hydrogens (tertiary/aromatic N) is 1. The molecule has 1 amide bonds. The number of para-hydroxylation sites is 2. The van der Waals surface area contributed by atoms with Gasteiger partial charge in [0, 0.05) is 5.69 Å². The third kappa shape index (κ3) is 4.77. The quantitative estimate of drug-likeness (QED) is 0.618. The molecular formula is C22H21FN2O4S.